The summed E-state index contributed by atoms with van der Waals surface area (Å²) in [6.07, 6.45) is 7.51. The molecule has 0 aromatic rings. The topological polar surface area (TPSA) is 20.3 Å². The molecule has 0 N–H and O–H groups in total. The SMILES string of the molecule is CN(CCCl)C(=O)C12CC3CC(CC(C)(C3)C1)C2. The van der Waals surface area contributed by atoms with Crippen molar-refractivity contribution in [2.45, 2.75) is 45.4 Å². The summed E-state index contributed by atoms with van der Waals surface area (Å²) in [4.78, 5) is 14.7. The van der Waals surface area contributed by atoms with Crippen LogP contribution in [-0.2, 0) is 4.79 Å². The molecule has 0 heterocycles. The van der Waals surface area contributed by atoms with Gasteiger partial charge in [0.25, 0.3) is 0 Å². The lowest BCUT2D eigenvalue weighted by molar-refractivity contribution is -0.164. The summed E-state index contributed by atoms with van der Waals surface area (Å²) in [6, 6.07) is 0. The van der Waals surface area contributed by atoms with Crippen molar-refractivity contribution < 1.29 is 4.79 Å². The summed E-state index contributed by atoms with van der Waals surface area (Å²) in [5.41, 5.74) is 0.418. The minimum atomic E-state index is -0.0281. The van der Waals surface area contributed by atoms with E-state index in [-0.39, 0.29) is 5.41 Å². The number of carbonyl (C=O) groups is 1. The molecule has 0 aromatic carbocycles. The van der Waals surface area contributed by atoms with E-state index in [0.717, 1.165) is 31.1 Å². The Labute approximate surface area is 115 Å². The van der Waals surface area contributed by atoms with E-state index in [9.17, 15) is 4.79 Å². The Balaban J connectivity index is 1.84. The Hall–Kier alpha value is -0.240. The van der Waals surface area contributed by atoms with Crippen molar-refractivity contribution in [3.05, 3.63) is 0 Å². The molecular formula is C15H24ClNO. The highest BCUT2D eigenvalue weighted by atomic mass is 35.5. The van der Waals surface area contributed by atoms with Crippen molar-refractivity contribution in [3.8, 4) is 0 Å². The van der Waals surface area contributed by atoms with Crippen molar-refractivity contribution in [2.24, 2.45) is 22.7 Å². The van der Waals surface area contributed by atoms with Crippen LogP contribution in [-0.4, -0.2) is 30.3 Å². The zero-order chi connectivity index (χ0) is 13.0. The number of amides is 1. The first-order valence-corrected chi connectivity index (χ1v) is 7.81. The Kier molecular flexibility index (Phi) is 2.93. The van der Waals surface area contributed by atoms with Gasteiger partial charge in [0.1, 0.15) is 0 Å². The quantitative estimate of drug-likeness (QED) is 0.720. The van der Waals surface area contributed by atoms with Gasteiger partial charge >= 0.3 is 0 Å². The molecule has 4 fully saturated rings. The zero-order valence-electron chi connectivity index (χ0n) is 11.5. The van der Waals surface area contributed by atoms with E-state index in [1.807, 2.05) is 11.9 Å². The summed E-state index contributed by atoms with van der Waals surface area (Å²) in [7, 11) is 1.92. The molecule has 3 heteroatoms. The molecule has 2 atom stereocenters. The number of alkyl halides is 1. The minimum absolute atomic E-state index is 0.0281. The highest BCUT2D eigenvalue weighted by Crippen LogP contribution is 2.65. The van der Waals surface area contributed by atoms with Crippen molar-refractivity contribution in [1.82, 2.24) is 4.90 Å². The zero-order valence-corrected chi connectivity index (χ0v) is 12.3. The normalized spacial score (nSPS) is 45.3. The fraction of sp³-hybridized carbons (Fsp3) is 0.933. The van der Waals surface area contributed by atoms with Crippen LogP contribution in [0.25, 0.3) is 0 Å². The smallest absolute Gasteiger partial charge is 0.228 e. The van der Waals surface area contributed by atoms with E-state index in [1.165, 1.54) is 19.3 Å². The maximum Gasteiger partial charge on any atom is 0.228 e. The second-order valence-electron chi connectivity index (χ2n) is 7.47. The predicted octanol–water partition coefficient (Wildman–Crippen LogP) is 3.29. The summed E-state index contributed by atoms with van der Waals surface area (Å²) < 4.78 is 0. The molecule has 2 nitrogen and oxygen atoms in total. The standard InChI is InChI=1S/C15H24ClNO/c1-14-6-11-5-12(7-14)9-15(8-11,10-14)13(18)17(2)4-3-16/h11-12H,3-10H2,1-2H3. The van der Waals surface area contributed by atoms with Gasteiger partial charge in [-0.3, -0.25) is 4.79 Å². The Morgan fingerprint density at radius 3 is 2.39 bits per heavy atom. The third-order valence-corrected chi connectivity index (χ3v) is 5.74. The first-order valence-electron chi connectivity index (χ1n) is 7.28. The Morgan fingerprint density at radius 2 is 1.89 bits per heavy atom. The van der Waals surface area contributed by atoms with Gasteiger partial charge in [-0.1, -0.05) is 6.92 Å². The molecule has 1 amide bonds. The molecule has 4 saturated carbocycles. The fourth-order valence-electron chi connectivity index (χ4n) is 5.60. The third-order valence-electron chi connectivity index (χ3n) is 5.57. The molecule has 2 unspecified atom stereocenters. The van der Waals surface area contributed by atoms with Crippen molar-refractivity contribution in [2.75, 3.05) is 19.5 Å². The molecule has 102 valence electrons. The number of hydrogen-bond donors (Lipinski definition) is 0. The van der Waals surface area contributed by atoms with E-state index >= 15 is 0 Å². The van der Waals surface area contributed by atoms with Crippen LogP contribution in [0.5, 0.6) is 0 Å². The highest BCUT2D eigenvalue weighted by molar-refractivity contribution is 6.18. The van der Waals surface area contributed by atoms with Gasteiger partial charge in [-0.15, -0.1) is 11.6 Å². The number of rotatable bonds is 3. The molecular weight excluding hydrogens is 246 g/mol. The van der Waals surface area contributed by atoms with Gasteiger partial charge in [-0.2, -0.15) is 0 Å². The summed E-state index contributed by atoms with van der Waals surface area (Å²) in [6.45, 7) is 3.10. The van der Waals surface area contributed by atoms with Gasteiger partial charge in [0.05, 0.1) is 5.41 Å². The highest BCUT2D eigenvalue weighted by Gasteiger charge is 2.59. The van der Waals surface area contributed by atoms with Crippen LogP contribution in [0.1, 0.15) is 45.4 Å². The second kappa shape index (κ2) is 4.13. The average molecular weight is 270 g/mol. The molecule has 4 aliphatic carbocycles. The van der Waals surface area contributed by atoms with Gasteiger partial charge < -0.3 is 4.90 Å². The fourth-order valence-corrected chi connectivity index (χ4v) is 5.86. The van der Waals surface area contributed by atoms with E-state index in [1.54, 1.807) is 0 Å². The lowest BCUT2D eigenvalue weighted by atomic mass is 9.44. The van der Waals surface area contributed by atoms with Crippen LogP contribution in [0.4, 0.5) is 0 Å². The largest absolute Gasteiger partial charge is 0.344 e. The van der Waals surface area contributed by atoms with Crippen LogP contribution in [0.3, 0.4) is 0 Å². The van der Waals surface area contributed by atoms with Gasteiger partial charge in [0, 0.05) is 19.5 Å². The van der Waals surface area contributed by atoms with E-state index < -0.39 is 0 Å². The van der Waals surface area contributed by atoms with E-state index in [2.05, 4.69) is 6.92 Å². The van der Waals surface area contributed by atoms with Crippen molar-refractivity contribution in [3.63, 3.8) is 0 Å². The third kappa shape index (κ3) is 1.88. The second-order valence-corrected chi connectivity index (χ2v) is 7.85. The minimum Gasteiger partial charge on any atom is -0.344 e. The maximum atomic E-state index is 12.8. The van der Waals surface area contributed by atoms with Gasteiger partial charge in [0.15, 0.2) is 0 Å². The van der Waals surface area contributed by atoms with Crippen molar-refractivity contribution in [1.29, 1.82) is 0 Å². The van der Waals surface area contributed by atoms with Crippen LogP contribution >= 0.6 is 11.6 Å². The molecule has 0 spiro atoms. The molecule has 4 bridgehead atoms. The van der Waals surface area contributed by atoms with Crippen LogP contribution in [0.15, 0.2) is 0 Å². The molecule has 4 rings (SSSR count). The van der Waals surface area contributed by atoms with Crippen molar-refractivity contribution >= 4 is 17.5 Å². The van der Waals surface area contributed by atoms with Crippen LogP contribution in [0.2, 0.25) is 0 Å². The Morgan fingerprint density at radius 1 is 1.28 bits per heavy atom. The lowest BCUT2D eigenvalue weighted by Gasteiger charge is -2.61. The Bertz CT molecular complexity index is 354. The molecule has 0 saturated heterocycles. The van der Waals surface area contributed by atoms with E-state index in [4.69, 9.17) is 11.6 Å². The first-order chi connectivity index (χ1) is 8.46. The maximum absolute atomic E-state index is 12.8. The first kappa shape index (κ1) is 12.8. The monoisotopic (exact) mass is 269 g/mol. The van der Waals surface area contributed by atoms with Gasteiger partial charge in [-0.05, 0) is 55.8 Å². The summed E-state index contributed by atoms with van der Waals surface area (Å²) >= 11 is 5.78. The number of nitrogens with zero attached hydrogens (tertiary/aromatic N) is 1. The number of hydrogen-bond acceptors (Lipinski definition) is 1. The van der Waals surface area contributed by atoms with E-state index in [0.29, 0.717) is 23.7 Å². The summed E-state index contributed by atoms with van der Waals surface area (Å²) in [5.74, 6) is 2.54. The van der Waals surface area contributed by atoms with Crippen LogP contribution in [0, 0.1) is 22.7 Å². The lowest BCUT2D eigenvalue weighted by Crippen LogP contribution is -2.57. The average Bonchev–Trinajstić information content (AvgIpc) is 2.24. The number of halogens is 1. The molecule has 18 heavy (non-hydrogen) atoms. The van der Waals surface area contributed by atoms with Gasteiger partial charge in [0.2, 0.25) is 5.91 Å². The van der Waals surface area contributed by atoms with Crippen LogP contribution < -0.4 is 0 Å². The molecule has 0 aromatic heterocycles. The molecule has 0 aliphatic heterocycles. The molecule has 4 aliphatic rings. The van der Waals surface area contributed by atoms with Gasteiger partial charge in [-0.25, -0.2) is 0 Å². The predicted molar refractivity (Wildman–Crippen MR) is 73.6 cm³/mol. The molecule has 0 radical (unpaired) electrons. The summed E-state index contributed by atoms with van der Waals surface area (Å²) in [5, 5.41) is 0. The number of carbonyl (C=O) groups excluding carboxylic acids is 1.